The second-order valence-electron chi connectivity index (χ2n) is 10.5. The van der Waals surface area contributed by atoms with Crippen molar-refractivity contribution in [3.63, 3.8) is 0 Å². The number of aromatic hydroxyl groups is 1. The highest BCUT2D eigenvalue weighted by Crippen LogP contribution is 2.34. The second kappa shape index (κ2) is 13.8. The van der Waals surface area contributed by atoms with Gasteiger partial charge in [-0.25, -0.2) is 4.79 Å². The molecule has 1 fully saturated rings. The Kier molecular flexibility index (Phi) is 11.4. The molecule has 3 unspecified atom stereocenters. The van der Waals surface area contributed by atoms with Crippen LogP contribution < -0.4 is 10.6 Å². The number of carbonyl (C=O) groups excluding carboxylic acids is 3. The van der Waals surface area contributed by atoms with Gasteiger partial charge in [0.25, 0.3) is 0 Å². The van der Waals surface area contributed by atoms with E-state index in [1.54, 1.807) is 49.6 Å². The van der Waals surface area contributed by atoms with Crippen LogP contribution in [0.15, 0.2) is 24.3 Å². The number of amides is 3. The number of phenols is 1. The Balaban J connectivity index is 2.44. The van der Waals surface area contributed by atoms with Gasteiger partial charge in [0.1, 0.15) is 23.4 Å². The highest BCUT2D eigenvalue weighted by Gasteiger charge is 2.42. The van der Waals surface area contributed by atoms with Gasteiger partial charge in [0.15, 0.2) is 0 Å². The lowest BCUT2D eigenvalue weighted by atomic mass is 9.88. The average molecular weight is 522 g/mol. The number of hydrogen-bond donors (Lipinski definition) is 3. The topological polar surface area (TPSA) is 108 Å². The van der Waals surface area contributed by atoms with Crippen LogP contribution in [0.25, 0.3) is 0 Å². The molecular formula is C27H43N3O5S. The van der Waals surface area contributed by atoms with Crippen molar-refractivity contribution in [3.8, 4) is 5.75 Å². The normalized spacial score (nSPS) is 16.3. The summed E-state index contributed by atoms with van der Waals surface area (Å²) in [6, 6.07) is 4.56. The van der Waals surface area contributed by atoms with Crippen LogP contribution in [-0.4, -0.2) is 63.6 Å². The third-order valence-corrected chi connectivity index (χ3v) is 6.81. The van der Waals surface area contributed by atoms with E-state index < -0.39 is 23.8 Å². The van der Waals surface area contributed by atoms with Gasteiger partial charge in [0, 0.05) is 12.1 Å². The van der Waals surface area contributed by atoms with E-state index in [0.29, 0.717) is 17.7 Å². The van der Waals surface area contributed by atoms with E-state index >= 15 is 0 Å². The van der Waals surface area contributed by atoms with Gasteiger partial charge in [-0.2, -0.15) is 11.8 Å². The van der Waals surface area contributed by atoms with E-state index in [4.69, 9.17) is 4.74 Å². The monoisotopic (exact) mass is 521 g/mol. The summed E-state index contributed by atoms with van der Waals surface area (Å²) >= 11 is 1.58. The predicted octanol–water partition coefficient (Wildman–Crippen LogP) is 4.77. The molecule has 3 N–H and O–H groups in total. The van der Waals surface area contributed by atoms with E-state index in [9.17, 15) is 19.5 Å². The summed E-state index contributed by atoms with van der Waals surface area (Å²) in [7, 11) is 0. The highest BCUT2D eigenvalue weighted by atomic mass is 32.2. The zero-order chi connectivity index (χ0) is 26.9. The molecule has 36 heavy (non-hydrogen) atoms. The molecule has 0 saturated heterocycles. The number of nitrogens with one attached hydrogen (secondary N) is 2. The summed E-state index contributed by atoms with van der Waals surface area (Å²) in [6.07, 6.45) is 6.01. The largest absolute Gasteiger partial charge is 0.508 e. The van der Waals surface area contributed by atoms with Crippen LogP contribution in [0.1, 0.15) is 84.7 Å². The third-order valence-electron chi connectivity index (χ3n) is 6.17. The van der Waals surface area contributed by atoms with Crippen LogP contribution >= 0.6 is 11.8 Å². The molecular weight excluding hydrogens is 478 g/mol. The van der Waals surface area contributed by atoms with Crippen molar-refractivity contribution in [2.24, 2.45) is 0 Å². The van der Waals surface area contributed by atoms with Crippen molar-refractivity contribution in [1.29, 1.82) is 0 Å². The van der Waals surface area contributed by atoms with Crippen molar-refractivity contribution in [1.82, 2.24) is 15.5 Å². The summed E-state index contributed by atoms with van der Waals surface area (Å²) in [5, 5.41) is 15.7. The lowest BCUT2D eigenvalue weighted by Gasteiger charge is -2.44. The van der Waals surface area contributed by atoms with Gasteiger partial charge >= 0.3 is 6.09 Å². The number of hydrogen-bond acceptors (Lipinski definition) is 6. The number of alkyl carbamates (subject to hydrolysis) is 1. The first-order chi connectivity index (χ1) is 17.0. The van der Waals surface area contributed by atoms with Crippen LogP contribution in [0.2, 0.25) is 0 Å². The average Bonchev–Trinajstić information content (AvgIpc) is 2.74. The van der Waals surface area contributed by atoms with Crippen LogP contribution in [0.4, 0.5) is 4.79 Å². The van der Waals surface area contributed by atoms with E-state index in [2.05, 4.69) is 17.6 Å². The molecule has 2 rings (SSSR count). The van der Waals surface area contributed by atoms with Gasteiger partial charge in [-0.15, -0.1) is 0 Å². The smallest absolute Gasteiger partial charge is 0.408 e. The molecule has 8 nitrogen and oxygen atoms in total. The molecule has 1 aromatic rings. The van der Waals surface area contributed by atoms with Crippen molar-refractivity contribution in [3.05, 3.63) is 29.8 Å². The number of nitrogens with zero attached hydrogens (tertiary/aromatic N) is 1. The minimum Gasteiger partial charge on any atom is -0.508 e. The minimum atomic E-state index is -0.875. The molecule has 0 bridgehead atoms. The first-order valence-corrected chi connectivity index (χ1v) is 14.3. The Labute approximate surface area is 219 Å². The maximum absolute atomic E-state index is 14.1. The molecule has 0 aromatic heterocycles. The molecule has 1 saturated carbocycles. The fourth-order valence-corrected chi connectivity index (χ4v) is 4.70. The number of thioether (sulfide) groups is 1. The molecule has 0 heterocycles. The van der Waals surface area contributed by atoms with Crippen molar-refractivity contribution in [2.75, 3.05) is 12.0 Å². The number of phenolic OH excluding ortho intramolecular Hbond substituents is 1. The summed E-state index contributed by atoms with van der Waals surface area (Å²) in [5.74, 6) is 0.191. The minimum absolute atomic E-state index is 0.0485. The summed E-state index contributed by atoms with van der Waals surface area (Å²) < 4.78 is 5.43. The van der Waals surface area contributed by atoms with Crippen molar-refractivity contribution < 1.29 is 24.2 Å². The van der Waals surface area contributed by atoms with E-state index in [1.165, 1.54) is 12.1 Å². The summed E-state index contributed by atoms with van der Waals surface area (Å²) in [6.45, 7) is 9.33. The Hall–Kier alpha value is -2.42. The zero-order valence-corrected chi connectivity index (χ0v) is 23.3. The van der Waals surface area contributed by atoms with Crippen LogP contribution in [-0.2, 0) is 14.3 Å². The second-order valence-corrected chi connectivity index (χ2v) is 11.5. The summed E-state index contributed by atoms with van der Waals surface area (Å²) in [4.78, 5) is 42.0. The molecule has 1 aliphatic rings. The van der Waals surface area contributed by atoms with Gasteiger partial charge < -0.3 is 25.4 Å². The van der Waals surface area contributed by atoms with Gasteiger partial charge in [-0.1, -0.05) is 25.5 Å². The molecule has 3 atom stereocenters. The Morgan fingerprint density at radius 3 is 2.28 bits per heavy atom. The maximum Gasteiger partial charge on any atom is 0.408 e. The van der Waals surface area contributed by atoms with Crippen LogP contribution in [0.3, 0.4) is 0 Å². The fourth-order valence-electron chi connectivity index (χ4n) is 4.23. The molecule has 3 amide bonds. The first-order valence-electron chi connectivity index (χ1n) is 12.9. The quantitative estimate of drug-likeness (QED) is 0.366. The maximum atomic E-state index is 14.1. The Morgan fingerprint density at radius 2 is 1.78 bits per heavy atom. The van der Waals surface area contributed by atoms with E-state index in [-0.39, 0.29) is 29.6 Å². The molecule has 1 aromatic carbocycles. The van der Waals surface area contributed by atoms with Gasteiger partial charge in [-0.05, 0) is 89.5 Å². The van der Waals surface area contributed by atoms with Gasteiger partial charge in [0.05, 0.1) is 0 Å². The third kappa shape index (κ3) is 8.91. The van der Waals surface area contributed by atoms with E-state index in [1.807, 2.05) is 13.2 Å². The standard InChI is InChI=1S/C27H43N3O5S/c1-7-9-18(2)28-24(32)23(19-12-14-21(31)15-13-19)30(20-10-8-11-20)25(33)22(16-17-36-6)29-26(34)35-27(3,4)5/h12-15,18,20,22-23,31H,7-11,16-17H2,1-6H3,(H,28,32)(H,29,34). The number of rotatable bonds is 12. The predicted molar refractivity (Wildman–Crippen MR) is 144 cm³/mol. The molecule has 0 radical (unpaired) electrons. The zero-order valence-electron chi connectivity index (χ0n) is 22.5. The highest BCUT2D eigenvalue weighted by molar-refractivity contribution is 7.98. The van der Waals surface area contributed by atoms with Crippen molar-refractivity contribution in [2.45, 2.75) is 103 Å². The molecule has 9 heteroatoms. The SMILES string of the molecule is CCCC(C)NC(=O)C(c1ccc(O)cc1)N(C(=O)C(CCSC)NC(=O)OC(C)(C)C)C1CCC1. The van der Waals surface area contributed by atoms with Gasteiger partial charge in [-0.3, -0.25) is 9.59 Å². The number of ether oxygens (including phenoxy) is 1. The first kappa shape index (κ1) is 29.8. The molecule has 0 aliphatic heterocycles. The molecule has 202 valence electrons. The summed E-state index contributed by atoms with van der Waals surface area (Å²) in [5.41, 5.74) is -0.0792. The van der Waals surface area contributed by atoms with Crippen LogP contribution in [0.5, 0.6) is 5.75 Å². The fraction of sp³-hybridized carbons (Fsp3) is 0.667. The van der Waals surface area contributed by atoms with Crippen molar-refractivity contribution >= 4 is 29.7 Å². The Bertz CT molecular complexity index is 867. The lowest BCUT2D eigenvalue weighted by Crippen LogP contribution is -2.58. The van der Waals surface area contributed by atoms with Crippen LogP contribution in [0, 0.1) is 0 Å². The van der Waals surface area contributed by atoms with E-state index in [0.717, 1.165) is 32.1 Å². The number of carbonyl (C=O) groups is 3. The lowest BCUT2D eigenvalue weighted by molar-refractivity contribution is -0.147. The van der Waals surface area contributed by atoms with Gasteiger partial charge in [0.2, 0.25) is 11.8 Å². The number of benzene rings is 1. The Morgan fingerprint density at radius 1 is 1.14 bits per heavy atom. The molecule has 0 spiro atoms. The molecule has 1 aliphatic carbocycles.